The highest BCUT2D eigenvalue weighted by molar-refractivity contribution is 6.34. The predicted molar refractivity (Wildman–Crippen MR) is 57.9 cm³/mol. The van der Waals surface area contributed by atoms with E-state index in [9.17, 15) is 13.2 Å². The molecule has 0 amide bonds. The van der Waals surface area contributed by atoms with Gasteiger partial charge in [0.25, 0.3) is 0 Å². The van der Waals surface area contributed by atoms with E-state index >= 15 is 0 Å². The Bertz CT molecular complexity index is 439. The molecule has 0 saturated carbocycles. The van der Waals surface area contributed by atoms with Crippen LogP contribution in [0.25, 0.3) is 0 Å². The van der Waals surface area contributed by atoms with Crippen LogP contribution >= 0.6 is 11.6 Å². The molecule has 0 unspecified atom stereocenters. The van der Waals surface area contributed by atoms with E-state index in [1.54, 1.807) is 0 Å². The molecule has 0 radical (unpaired) electrons. The van der Waals surface area contributed by atoms with E-state index in [1.165, 1.54) is 24.2 Å². The summed E-state index contributed by atoms with van der Waals surface area (Å²) in [6.45, 7) is -0.259. The Hall–Kier alpha value is -1.48. The van der Waals surface area contributed by atoms with Crippen molar-refractivity contribution >= 4 is 17.4 Å². The maximum atomic E-state index is 12.0. The molecule has 1 rings (SSSR count). The van der Waals surface area contributed by atoms with Crippen LogP contribution in [0.3, 0.4) is 0 Å². The number of aromatic nitrogens is 1. The fraction of sp³-hybridized carbons (Fsp3) is 0.400. The molecule has 0 aliphatic carbocycles. The van der Waals surface area contributed by atoms with Gasteiger partial charge in [0.15, 0.2) is 0 Å². The lowest BCUT2D eigenvalue weighted by Gasteiger charge is -2.20. The van der Waals surface area contributed by atoms with E-state index in [0.717, 1.165) is 0 Å². The van der Waals surface area contributed by atoms with E-state index < -0.39 is 12.6 Å². The number of halogens is 4. The van der Waals surface area contributed by atoms with Crippen molar-refractivity contribution in [1.29, 1.82) is 5.26 Å². The molecule has 0 bridgehead atoms. The number of nitriles is 1. The van der Waals surface area contributed by atoms with Gasteiger partial charge in [0.05, 0.1) is 12.0 Å². The first-order valence-electron chi connectivity index (χ1n) is 4.67. The Labute approximate surface area is 101 Å². The minimum atomic E-state index is -4.23. The number of nitrogens with zero attached hydrogens (tertiary/aromatic N) is 3. The monoisotopic (exact) mass is 263 g/mol. The predicted octanol–water partition coefficient (Wildman–Crippen LogP) is 3.00. The molecule has 7 heteroatoms. The fourth-order valence-corrected chi connectivity index (χ4v) is 1.48. The zero-order chi connectivity index (χ0) is 13.1. The molecule has 3 nitrogen and oxygen atoms in total. The molecule has 0 aromatic carbocycles. The Morgan fingerprint density at radius 3 is 2.71 bits per heavy atom. The molecule has 92 valence electrons. The van der Waals surface area contributed by atoms with Gasteiger partial charge in [-0.1, -0.05) is 11.6 Å². The van der Waals surface area contributed by atoms with Gasteiger partial charge in [-0.2, -0.15) is 18.4 Å². The van der Waals surface area contributed by atoms with Gasteiger partial charge >= 0.3 is 6.18 Å². The van der Waals surface area contributed by atoms with E-state index in [0.29, 0.717) is 0 Å². The van der Waals surface area contributed by atoms with Crippen LogP contribution in [0.4, 0.5) is 19.0 Å². The van der Waals surface area contributed by atoms with Crippen LogP contribution in [0.15, 0.2) is 12.3 Å². The molecule has 0 aliphatic rings. The molecule has 0 aliphatic heterocycles. The largest absolute Gasteiger partial charge is 0.390 e. The highest BCUT2D eigenvalue weighted by Crippen LogP contribution is 2.27. The summed E-state index contributed by atoms with van der Waals surface area (Å²) in [4.78, 5) is 5.14. The van der Waals surface area contributed by atoms with Crippen LogP contribution in [-0.2, 0) is 0 Å². The van der Waals surface area contributed by atoms with Gasteiger partial charge in [0.1, 0.15) is 16.9 Å². The van der Waals surface area contributed by atoms with E-state index in [-0.39, 0.29) is 22.9 Å². The minimum Gasteiger partial charge on any atom is -0.358 e. The van der Waals surface area contributed by atoms with Crippen molar-refractivity contribution < 1.29 is 13.2 Å². The van der Waals surface area contributed by atoms with E-state index in [2.05, 4.69) is 4.98 Å². The highest BCUT2D eigenvalue weighted by atomic mass is 35.5. The van der Waals surface area contributed by atoms with Crippen LogP contribution in [0, 0.1) is 11.3 Å². The van der Waals surface area contributed by atoms with E-state index in [4.69, 9.17) is 16.9 Å². The summed E-state index contributed by atoms with van der Waals surface area (Å²) in [7, 11) is 1.45. The first-order valence-corrected chi connectivity index (χ1v) is 5.05. The third-order valence-electron chi connectivity index (χ3n) is 2.08. The zero-order valence-electron chi connectivity index (χ0n) is 8.92. The standard InChI is InChI=1S/C10H9ClF3N3/c1-17(5-3-10(12,13)14)9-8(11)7(6-15)2-4-16-9/h2,4H,3,5H2,1H3. The molecule has 0 N–H and O–H groups in total. The lowest BCUT2D eigenvalue weighted by Crippen LogP contribution is -2.25. The maximum absolute atomic E-state index is 12.0. The molecular formula is C10H9ClF3N3. The molecule has 1 aromatic rings. The quantitative estimate of drug-likeness (QED) is 0.842. The second-order valence-electron chi connectivity index (χ2n) is 3.39. The lowest BCUT2D eigenvalue weighted by molar-refractivity contribution is -0.132. The third-order valence-corrected chi connectivity index (χ3v) is 2.46. The van der Waals surface area contributed by atoms with E-state index in [1.807, 2.05) is 6.07 Å². The van der Waals surface area contributed by atoms with Crippen LogP contribution in [0.2, 0.25) is 5.02 Å². The van der Waals surface area contributed by atoms with Gasteiger partial charge in [-0.15, -0.1) is 0 Å². The molecule has 0 fully saturated rings. The first-order chi connectivity index (χ1) is 7.85. The number of pyridine rings is 1. The smallest absolute Gasteiger partial charge is 0.358 e. The summed E-state index contributed by atoms with van der Waals surface area (Å²) < 4.78 is 36.1. The molecule has 0 saturated heterocycles. The molecule has 0 spiro atoms. The summed E-state index contributed by atoms with van der Waals surface area (Å²) in [5, 5.41) is 8.79. The SMILES string of the molecule is CN(CCC(F)(F)F)c1nccc(C#N)c1Cl. The van der Waals surface area contributed by atoms with Crippen molar-refractivity contribution in [3.8, 4) is 6.07 Å². The number of hydrogen-bond donors (Lipinski definition) is 0. The van der Waals surface area contributed by atoms with Gasteiger partial charge in [-0.3, -0.25) is 0 Å². The van der Waals surface area contributed by atoms with Crippen molar-refractivity contribution in [3.63, 3.8) is 0 Å². The molecule has 1 aromatic heterocycles. The van der Waals surface area contributed by atoms with Gasteiger partial charge in [0, 0.05) is 19.8 Å². The Morgan fingerprint density at radius 1 is 1.53 bits per heavy atom. The number of rotatable bonds is 3. The molecular weight excluding hydrogens is 255 g/mol. The van der Waals surface area contributed by atoms with Crippen molar-refractivity contribution in [2.45, 2.75) is 12.6 Å². The Balaban J connectivity index is 2.83. The van der Waals surface area contributed by atoms with Gasteiger partial charge in [-0.25, -0.2) is 4.98 Å². The fourth-order valence-electron chi connectivity index (χ4n) is 1.19. The van der Waals surface area contributed by atoms with Crippen molar-refractivity contribution in [2.24, 2.45) is 0 Å². The van der Waals surface area contributed by atoms with Crippen LogP contribution < -0.4 is 4.90 Å². The topological polar surface area (TPSA) is 39.9 Å². The molecule has 1 heterocycles. The van der Waals surface area contributed by atoms with Crippen LogP contribution in [0.1, 0.15) is 12.0 Å². The Morgan fingerprint density at radius 2 is 2.18 bits per heavy atom. The van der Waals surface area contributed by atoms with Crippen molar-refractivity contribution in [3.05, 3.63) is 22.8 Å². The summed E-state index contributed by atoms with van der Waals surface area (Å²) >= 11 is 5.85. The minimum absolute atomic E-state index is 0.0691. The summed E-state index contributed by atoms with van der Waals surface area (Å²) in [6.07, 6.45) is -3.85. The number of hydrogen-bond acceptors (Lipinski definition) is 3. The maximum Gasteiger partial charge on any atom is 0.390 e. The first kappa shape index (κ1) is 13.6. The lowest BCUT2D eigenvalue weighted by atomic mass is 10.2. The highest BCUT2D eigenvalue weighted by Gasteiger charge is 2.27. The normalized spacial score (nSPS) is 11.1. The summed E-state index contributed by atoms with van der Waals surface area (Å²) in [5.41, 5.74) is 0.190. The summed E-state index contributed by atoms with van der Waals surface area (Å²) in [5.74, 6) is 0.176. The molecule has 17 heavy (non-hydrogen) atoms. The number of alkyl halides is 3. The van der Waals surface area contributed by atoms with Crippen LogP contribution in [-0.4, -0.2) is 24.8 Å². The van der Waals surface area contributed by atoms with Crippen molar-refractivity contribution in [2.75, 3.05) is 18.5 Å². The van der Waals surface area contributed by atoms with Gasteiger partial charge in [-0.05, 0) is 6.07 Å². The molecule has 0 atom stereocenters. The van der Waals surface area contributed by atoms with Crippen LogP contribution in [0.5, 0.6) is 0 Å². The average Bonchev–Trinajstić information content (AvgIpc) is 2.25. The number of anilines is 1. The zero-order valence-corrected chi connectivity index (χ0v) is 9.68. The summed E-state index contributed by atoms with van der Waals surface area (Å²) in [6, 6.07) is 3.25. The second-order valence-corrected chi connectivity index (χ2v) is 3.77. The van der Waals surface area contributed by atoms with Gasteiger partial charge < -0.3 is 4.90 Å². The third kappa shape index (κ3) is 3.79. The van der Waals surface area contributed by atoms with Gasteiger partial charge in [0.2, 0.25) is 0 Å². The van der Waals surface area contributed by atoms with Crippen molar-refractivity contribution in [1.82, 2.24) is 4.98 Å². The Kier molecular flexibility index (Phi) is 4.18. The second kappa shape index (κ2) is 5.23. The average molecular weight is 264 g/mol.